The van der Waals surface area contributed by atoms with Gasteiger partial charge in [-0.3, -0.25) is 9.59 Å². The zero-order chi connectivity index (χ0) is 18.0. The molecule has 0 fully saturated rings. The predicted octanol–water partition coefficient (Wildman–Crippen LogP) is 1.71. The molecule has 0 radical (unpaired) electrons. The summed E-state index contributed by atoms with van der Waals surface area (Å²) in [4.78, 5) is 24.9. The van der Waals surface area contributed by atoms with E-state index in [-0.39, 0.29) is 11.5 Å². The highest BCUT2D eigenvalue weighted by Crippen LogP contribution is 2.29. The fourth-order valence-corrected chi connectivity index (χ4v) is 2.50. The normalized spacial score (nSPS) is 12.0. The van der Waals surface area contributed by atoms with Gasteiger partial charge in [0.15, 0.2) is 11.5 Å². The number of carbonyl (C=O) groups is 1. The average molecular weight is 342 g/mol. The summed E-state index contributed by atoms with van der Waals surface area (Å²) in [6, 6.07) is 7.68. The molecular weight excluding hydrogens is 324 g/mol. The standard InChI is InChI=1S/C17H18N4O4/c1-11(21-17(23)13-5-4-8-20(13)10-18-21)16(22)19-12-6-7-14(24-2)15(9-12)25-3/h4-11H,1-3H3,(H,19,22). The number of ether oxygens (including phenoxy) is 2. The van der Waals surface area contributed by atoms with Crippen LogP contribution < -0.4 is 20.3 Å². The maximum atomic E-state index is 12.5. The lowest BCUT2D eigenvalue weighted by atomic mass is 10.2. The molecule has 1 atom stereocenters. The van der Waals surface area contributed by atoms with Crippen LogP contribution in [0.4, 0.5) is 5.69 Å². The minimum Gasteiger partial charge on any atom is -0.493 e. The predicted molar refractivity (Wildman–Crippen MR) is 92.3 cm³/mol. The smallest absolute Gasteiger partial charge is 0.291 e. The van der Waals surface area contributed by atoms with E-state index in [1.807, 2.05) is 0 Å². The van der Waals surface area contributed by atoms with Crippen LogP contribution in [0, 0.1) is 0 Å². The Bertz CT molecular complexity index is 976. The van der Waals surface area contributed by atoms with Crippen LogP contribution in [0.15, 0.2) is 47.7 Å². The van der Waals surface area contributed by atoms with Crippen molar-refractivity contribution in [2.45, 2.75) is 13.0 Å². The first-order chi connectivity index (χ1) is 12.0. The fraction of sp³-hybridized carbons (Fsp3) is 0.235. The monoisotopic (exact) mass is 342 g/mol. The molecule has 25 heavy (non-hydrogen) atoms. The van der Waals surface area contributed by atoms with Gasteiger partial charge in [0.05, 0.1) is 14.2 Å². The summed E-state index contributed by atoms with van der Waals surface area (Å²) in [6.45, 7) is 1.62. The van der Waals surface area contributed by atoms with Crippen molar-refractivity contribution in [2.24, 2.45) is 0 Å². The Morgan fingerprint density at radius 2 is 1.96 bits per heavy atom. The van der Waals surface area contributed by atoms with Crippen LogP contribution in [0.3, 0.4) is 0 Å². The zero-order valence-electron chi connectivity index (χ0n) is 14.1. The van der Waals surface area contributed by atoms with Gasteiger partial charge in [0.1, 0.15) is 17.9 Å². The van der Waals surface area contributed by atoms with E-state index < -0.39 is 6.04 Å². The molecule has 8 heteroatoms. The molecule has 3 rings (SSSR count). The van der Waals surface area contributed by atoms with E-state index >= 15 is 0 Å². The van der Waals surface area contributed by atoms with Gasteiger partial charge in [-0.2, -0.15) is 5.10 Å². The molecule has 0 aliphatic heterocycles. The number of benzene rings is 1. The largest absolute Gasteiger partial charge is 0.493 e. The highest BCUT2D eigenvalue weighted by atomic mass is 16.5. The average Bonchev–Trinajstić information content (AvgIpc) is 3.11. The van der Waals surface area contributed by atoms with Crippen LogP contribution in [-0.2, 0) is 4.79 Å². The van der Waals surface area contributed by atoms with Gasteiger partial charge < -0.3 is 19.2 Å². The number of nitrogens with zero attached hydrogens (tertiary/aromatic N) is 3. The lowest BCUT2D eigenvalue weighted by Crippen LogP contribution is -2.34. The summed E-state index contributed by atoms with van der Waals surface area (Å²) in [5, 5.41) is 6.82. The van der Waals surface area contributed by atoms with Gasteiger partial charge in [-0.15, -0.1) is 0 Å². The SMILES string of the molecule is COc1ccc(NC(=O)C(C)n2ncn3cccc3c2=O)cc1OC. The Hall–Kier alpha value is -3.29. The Kier molecular flexibility index (Phi) is 4.42. The number of aromatic nitrogens is 3. The minimum absolute atomic E-state index is 0.331. The van der Waals surface area contributed by atoms with Crippen LogP contribution in [-0.4, -0.2) is 34.3 Å². The molecule has 130 valence electrons. The van der Waals surface area contributed by atoms with E-state index in [2.05, 4.69) is 10.4 Å². The second-order valence-electron chi connectivity index (χ2n) is 5.42. The molecule has 0 aliphatic rings. The van der Waals surface area contributed by atoms with Gasteiger partial charge in [-0.05, 0) is 31.2 Å². The fourth-order valence-electron chi connectivity index (χ4n) is 2.50. The van der Waals surface area contributed by atoms with Crippen molar-refractivity contribution in [3.8, 4) is 11.5 Å². The number of carbonyl (C=O) groups excluding carboxylic acids is 1. The summed E-state index contributed by atoms with van der Waals surface area (Å²) in [5.41, 5.74) is 0.662. The number of hydrogen-bond acceptors (Lipinski definition) is 5. The highest BCUT2D eigenvalue weighted by molar-refractivity contribution is 5.93. The van der Waals surface area contributed by atoms with Crippen LogP contribution in [0.2, 0.25) is 0 Å². The Labute approximate surface area is 143 Å². The maximum absolute atomic E-state index is 12.5. The van der Waals surface area contributed by atoms with Gasteiger partial charge in [-0.1, -0.05) is 0 Å². The minimum atomic E-state index is -0.777. The molecule has 8 nitrogen and oxygen atoms in total. The van der Waals surface area contributed by atoms with Crippen molar-refractivity contribution >= 4 is 17.1 Å². The van der Waals surface area contributed by atoms with Gasteiger partial charge in [0.2, 0.25) is 5.91 Å². The van der Waals surface area contributed by atoms with Crippen LogP contribution in [0.25, 0.3) is 5.52 Å². The van der Waals surface area contributed by atoms with Crippen molar-refractivity contribution in [2.75, 3.05) is 19.5 Å². The molecule has 0 saturated heterocycles. The molecular formula is C17H18N4O4. The first-order valence-corrected chi connectivity index (χ1v) is 7.62. The van der Waals surface area contributed by atoms with E-state index in [4.69, 9.17) is 9.47 Å². The van der Waals surface area contributed by atoms with Crippen molar-refractivity contribution in [1.29, 1.82) is 0 Å². The van der Waals surface area contributed by atoms with E-state index in [9.17, 15) is 9.59 Å². The summed E-state index contributed by atoms with van der Waals surface area (Å²) < 4.78 is 13.1. The Morgan fingerprint density at radius 3 is 2.68 bits per heavy atom. The first kappa shape index (κ1) is 16.6. The lowest BCUT2D eigenvalue weighted by molar-refractivity contribution is -0.119. The summed E-state index contributed by atoms with van der Waals surface area (Å²) >= 11 is 0. The number of methoxy groups -OCH3 is 2. The highest BCUT2D eigenvalue weighted by Gasteiger charge is 2.19. The molecule has 0 spiro atoms. The second-order valence-corrected chi connectivity index (χ2v) is 5.42. The number of nitrogens with one attached hydrogen (secondary N) is 1. The summed E-state index contributed by atoms with van der Waals surface area (Å²) in [7, 11) is 3.05. The summed E-state index contributed by atoms with van der Waals surface area (Å²) in [6.07, 6.45) is 3.22. The van der Waals surface area contributed by atoms with Crippen LogP contribution in [0.1, 0.15) is 13.0 Å². The Morgan fingerprint density at radius 1 is 1.20 bits per heavy atom. The van der Waals surface area contributed by atoms with Crippen molar-refractivity contribution in [3.05, 3.63) is 53.2 Å². The number of fused-ring (bicyclic) bond motifs is 1. The molecule has 2 heterocycles. The van der Waals surface area contributed by atoms with E-state index in [1.165, 1.54) is 20.5 Å². The third kappa shape index (κ3) is 3.06. The number of anilines is 1. The van der Waals surface area contributed by atoms with Gasteiger partial charge in [0, 0.05) is 18.0 Å². The van der Waals surface area contributed by atoms with Crippen molar-refractivity contribution in [1.82, 2.24) is 14.2 Å². The van der Waals surface area contributed by atoms with Crippen LogP contribution in [0.5, 0.6) is 11.5 Å². The van der Waals surface area contributed by atoms with E-state index in [1.54, 1.807) is 47.9 Å². The first-order valence-electron chi connectivity index (χ1n) is 7.62. The van der Waals surface area contributed by atoms with E-state index in [0.717, 1.165) is 4.68 Å². The lowest BCUT2D eigenvalue weighted by Gasteiger charge is -2.15. The molecule has 1 aromatic carbocycles. The number of rotatable bonds is 5. The van der Waals surface area contributed by atoms with Gasteiger partial charge in [-0.25, -0.2) is 4.68 Å². The molecule has 0 saturated carbocycles. The van der Waals surface area contributed by atoms with Gasteiger partial charge in [0.25, 0.3) is 5.56 Å². The van der Waals surface area contributed by atoms with Crippen LogP contribution >= 0.6 is 0 Å². The third-order valence-electron chi connectivity index (χ3n) is 3.90. The van der Waals surface area contributed by atoms with E-state index in [0.29, 0.717) is 22.7 Å². The summed E-state index contributed by atoms with van der Waals surface area (Å²) in [5.74, 6) is 0.695. The molecule has 3 aromatic rings. The zero-order valence-corrected chi connectivity index (χ0v) is 14.1. The maximum Gasteiger partial charge on any atom is 0.291 e. The molecule has 0 aliphatic carbocycles. The molecule has 0 bridgehead atoms. The topological polar surface area (TPSA) is 86.9 Å². The van der Waals surface area contributed by atoms with Crippen molar-refractivity contribution in [3.63, 3.8) is 0 Å². The number of amides is 1. The quantitative estimate of drug-likeness (QED) is 0.763. The molecule has 1 N–H and O–H groups in total. The van der Waals surface area contributed by atoms with Gasteiger partial charge >= 0.3 is 0 Å². The number of hydrogen-bond donors (Lipinski definition) is 1. The molecule has 1 amide bonds. The van der Waals surface area contributed by atoms with Crippen molar-refractivity contribution < 1.29 is 14.3 Å². The second kappa shape index (κ2) is 6.68. The molecule has 2 aromatic heterocycles. The third-order valence-corrected chi connectivity index (χ3v) is 3.90. The molecule has 1 unspecified atom stereocenters. The Balaban J connectivity index is 1.85.